The average Bonchev–Trinajstić information content (AvgIpc) is 3.37. The summed E-state index contributed by atoms with van der Waals surface area (Å²) >= 11 is 0. The summed E-state index contributed by atoms with van der Waals surface area (Å²) < 4.78 is 0. The van der Waals surface area contributed by atoms with E-state index in [0.717, 1.165) is 18.4 Å². The van der Waals surface area contributed by atoms with E-state index in [9.17, 15) is 0 Å². The van der Waals surface area contributed by atoms with E-state index in [1.807, 2.05) is 0 Å². The lowest BCUT2D eigenvalue weighted by Crippen LogP contribution is -2.34. The number of allylic oxidation sites excluding steroid dienone is 1. The predicted molar refractivity (Wildman–Crippen MR) is 124 cm³/mol. The third kappa shape index (κ3) is 3.10. The van der Waals surface area contributed by atoms with Crippen molar-refractivity contribution in [3.05, 3.63) is 63.7 Å². The highest BCUT2D eigenvalue weighted by molar-refractivity contribution is 5.87. The Hall–Kier alpha value is -2.75. The van der Waals surface area contributed by atoms with Gasteiger partial charge in [0.2, 0.25) is 5.82 Å². The standard InChI is InChI=1S/C26H30N4.H2/c1-16-12-22-23(26(4,5)11-10-25(22,2)3)15-20(16)14-18-7-6-17-13-19(8-9-21(17)18)24-27-29-30-28-24;/h8-9,12-15H,6-7,10-11H2,1-5H3,(H,27,28,29,30);1H/b18-14-;. The van der Waals surface area contributed by atoms with Gasteiger partial charge in [-0.15, -0.1) is 10.2 Å². The molecule has 0 bridgehead atoms. The molecule has 30 heavy (non-hydrogen) atoms. The summed E-state index contributed by atoms with van der Waals surface area (Å²) in [7, 11) is 0. The first-order chi connectivity index (χ1) is 14.2. The van der Waals surface area contributed by atoms with E-state index < -0.39 is 0 Å². The van der Waals surface area contributed by atoms with E-state index in [4.69, 9.17) is 0 Å². The molecule has 2 aliphatic rings. The Morgan fingerprint density at radius 2 is 1.70 bits per heavy atom. The zero-order valence-electron chi connectivity index (χ0n) is 18.6. The van der Waals surface area contributed by atoms with Crippen molar-refractivity contribution in [1.82, 2.24) is 20.6 Å². The third-order valence-corrected chi connectivity index (χ3v) is 7.29. The maximum absolute atomic E-state index is 4.11. The fraction of sp³-hybridized carbons (Fsp3) is 0.423. The molecular weight excluding hydrogens is 368 g/mol. The summed E-state index contributed by atoms with van der Waals surface area (Å²) in [6.07, 6.45) is 7.07. The number of hydrogen-bond donors (Lipinski definition) is 1. The molecule has 3 aromatic rings. The minimum Gasteiger partial charge on any atom is -0.177 e. The summed E-state index contributed by atoms with van der Waals surface area (Å²) in [5.74, 6) is 0.658. The van der Waals surface area contributed by atoms with E-state index in [2.05, 4.69) is 91.7 Å². The minimum absolute atomic E-state index is 0. The van der Waals surface area contributed by atoms with E-state index in [1.54, 1.807) is 0 Å². The number of H-pyrrole nitrogens is 1. The van der Waals surface area contributed by atoms with Crippen LogP contribution in [0.3, 0.4) is 0 Å². The highest BCUT2D eigenvalue weighted by Crippen LogP contribution is 2.47. The monoisotopic (exact) mass is 400 g/mol. The molecule has 0 saturated heterocycles. The second kappa shape index (κ2) is 6.63. The van der Waals surface area contributed by atoms with Crippen LogP contribution in [0.1, 0.15) is 81.8 Å². The largest absolute Gasteiger partial charge is 0.204 e. The molecule has 2 aromatic carbocycles. The highest BCUT2D eigenvalue weighted by Gasteiger charge is 2.37. The second-order valence-electron chi connectivity index (χ2n) is 10.3. The first-order valence-corrected chi connectivity index (χ1v) is 11.0. The van der Waals surface area contributed by atoms with Gasteiger partial charge in [0.15, 0.2) is 0 Å². The summed E-state index contributed by atoms with van der Waals surface area (Å²) in [5, 5.41) is 14.5. The Labute approximate surface area is 180 Å². The maximum Gasteiger partial charge on any atom is 0.204 e. The third-order valence-electron chi connectivity index (χ3n) is 7.29. The van der Waals surface area contributed by atoms with Crippen LogP contribution in [0.2, 0.25) is 0 Å². The number of nitrogens with zero attached hydrogens (tertiary/aromatic N) is 3. The Morgan fingerprint density at radius 3 is 2.40 bits per heavy atom. The topological polar surface area (TPSA) is 54.5 Å². The molecule has 156 valence electrons. The number of aromatic nitrogens is 4. The molecule has 0 spiro atoms. The van der Waals surface area contributed by atoms with Gasteiger partial charge in [-0.05, 0) is 93.7 Å². The van der Waals surface area contributed by atoms with E-state index in [0.29, 0.717) is 5.82 Å². The zero-order valence-corrected chi connectivity index (χ0v) is 18.6. The van der Waals surface area contributed by atoms with Gasteiger partial charge in [0, 0.05) is 6.99 Å². The molecule has 4 nitrogen and oxygen atoms in total. The minimum atomic E-state index is 0. The molecule has 5 rings (SSSR count). The van der Waals surface area contributed by atoms with E-state index in [1.165, 1.54) is 51.8 Å². The van der Waals surface area contributed by atoms with Gasteiger partial charge >= 0.3 is 0 Å². The molecule has 0 atom stereocenters. The molecular formula is C26H32N4. The molecule has 1 aromatic heterocycles. The summed E-state index contributed by atoms with van der Waals surface area (Å²) in [5.41, 5.74) is 11.5. The lowest BCUT2D eigenvalue weighted by Gasteiger charge is -2.42. The molecule has 0 unspecified atom stereocenters. The summed E-state index contributed by atoms with van der Waals surface area (Å²) in [6, 6.07) is 11.5. The van der Waals surface area contributed by atoms with E-state index in [-0.39, 0.29) is 12.3 Å². The molecule has 0 saturated carbocycles. The van der Waals surface area contributed by atoms with Crippen molar-refractivity contribution in [2.24, 2.45) is 0 Å². The number of rotatable bonds is 2. The Bertz CT molecular complexity index is 1160. The van der Waals surface area contributed by atoms with Crippen LogP contribution in [-0.2, 0) is 17.3 Å². The smallest absolute Gasteiger partial charge is 0.177 e. The zero-order chi connectivity index (χ0) is 21.1. The predicted octanol–water partition coefficient (Wildman–Crippen LogP) is 6.26. The van der Waals surface area contributed by atoms with Crippen LogP contribution >= 0.6 is 0 Å². The normalized spacial score (nSPS) is 20.2. The first-order valence-electron chi connectivity index (χ1n) is 11.0. The summed E-state index contributed by atoms with van der Waals surface area (Å²) in [4.78, 5) is 0. The van der Waals surface area contributed by atoms with Crippen LogP contribution in [0.4, 0.5) is 0 Å². The summed E-state index contributed by atoms with van der Waals surface area (Å²) in [6.45, 7) is 11.9. The molecule has 0 radical (unpaired) electrons. The van der Waals surface area contributed by atoms with Crippen molar-refractivity contribution in [2.75, 3.05) is 0 Å². The Balaban J connectivity index is 0.00000231. The van der Waals surface area contributed by atoms with Gasteiger partial charge in [0.25, 0.3) is 0 Å². The molecule has 0 amide bonds. The van der Waals surface area contributed by atoms with Gasteiger partial charge in [-0.3, -0.25) is 0 Å². The molecule has 2 aliphatic carbocycles. The van der Waals surface area contributed by atoms with Crippen LogP contribution in [-0.4, -0.2) is 20.6 Å². The fourth-order valence-corrected chi connectivity index (χ4v) is 5.17. The van der Waals surface area contributed by atoms with Crippen LogP contribution in [0.25, 0.3) is 23.0 Å². The van der Waals surface area contributed by atoms with Crippen molar-refractivity contribution in [2.45, 2.75) is 71.1 Å². The SMILES string of the molecule is Cc1cc2c(cc1/C=C1/CCc3cc(-c4nn[nH]n4)ccc31)C(C)(C)CCC2(C)C.[HH]. The Morgan fingerprint density at radius 1 is 0.967 bits per heavy atom. The highest BCUT2D eigenvalue weighted by atomic mass is 15.5. The number of nitrogens with one attached hydrogen (secondary N) is 1. The number of tetrazole rings is 1. The van der Waals surface area contributed by atoms with Gasteiger partial charge < -0.3 is 0 Å². The lowest BCUT2D eigenvalue weighted by atomic mass is 9.62. The Kier molecular flexibility index (Phi) is 4.25. The number of aryl methyl sites for hydroxylation is 2. The number of aromatic amines is 1. The van der Waals surface area contributed by atoms with Crippen LogP contribution in [0, 0.1) is 6.92 Å². The van der Waals surface area contributed by atoms with Crippen molar-refractivity contribution in [3.63, 3.8) is 0 Å². The van der Waals surface area contributed by atoms with E-state index >= 15 is 0 Å². The van der Waals surface area contributed by atoms with Crippen LogP contribution in [0.5, 0.6) is 0 Å². The van der Waals surface area contributed by atoms with Crippen molar-refractivity contribution in [1.29, 1.82) is 0 Å². The van der Waals surface area contributed by atoms with Gasteiger partial charge in [0.05, 0.1) is 0 Å². The lowest BCUT2D eigenvalue weighted by molar-refractivity contribution is 0.331. The molecule has 1 N–H and O–H groups in total. The van der Waals surface area contributed by atoms with Gasteiger partial charge in [-0.25, -0.2) is 0 Å². The van der Waals surface area contributed by atoms with Gasteiger partial charge in [-0.1, -0.05) is 58.0 Å². The van der Waals surface area contributed by atoms with Gasteiger partial charge in [0.1, 0.15) is 0 Å². The van der Waals surface area contributed by atoms with Crippen molar-refractivity contribution in [3.8, 4) is 11.4 Å². The van der Waals surface area contributed by atoms with Crippen molar-refractivity contribution >= 4 is 11.6 Å². The second-order valence-corrected chi connectivity index (χ2v) is 10.3. The van der Waals surface area contributed by atoms with Crippen LogP contribution < -0.4 is 0 Å². The number of fused-ring (bicyclic) bond motifs is 2. The molecule has 0 fully saturated rings. The van der Waals surface area contributed by atoms with Crippen molar-refractivity contribution < 1.29 is 1.43 Å². The van der Waals surface area contributed by atoms with Crippen LogP contribution in [0.15, 0.2) is 30.3 Å². The number of benzene rings is 2. The molecule has 1 heterocycles. The first kappa shape index (κ1) is 19.2. The fourth-order valence-electron chi connectivity index (χ4n) is 5.17. The van der Waals surface area contributed by atoms with Gasteiger partial charge in [-0.2, -0.15) is 5.21 Å². The molecule has 0 aliphatic heterocycles. The maximum atomic E-state index is 4.11. The number of hydrogen-bond acceptors (Lipinski definition) is 3. The molecule has 4 heteroatoms. The average molecular weight is 401 g/mol. The quantitative estimate of drug-likeness (QED) is 0.552.